The predicted octanol–water partition coefficient (Wildman–Crippen LogP) is 1.93. The van der Waals surface area contributed by atoms with Crippen molar-refractivity contribution in [1.82, 2.24) is 4.47 Å². The maximum Gasteiger partial charge on any atom is 0.356 e. The molecule has 0 aromatic heterocycles. The molecule has 0 radical (unpaired) electrons. The minimum absolute atomic E-state index is 0.515. The summed E-state index contributed by atoms with van der Waals surface area (Å²) in [6, 6.07) is 6.76. The number of carbonyl (C=O) groups is 1. The van der Waals surface area contributed by atoms with E-state index in [9.17, 15) is 4.79 Å². The number of amides is 2. The van der Waals surface area contributed by atoms with Crippen molar-refractivity contribution in [3.8, 4) is 0 Å². The number of rotatable bonds is 0. The Bertz CT molecular complexity index is 329. The van der Waals surface area contributed by atoms with Crippen LogP contribution < -0.4 is 5.32 Å². The van der Waals surface area contributed by atoms with E-state index in [1.807, 2.05) is 18.2 Å². The molecule has 1 heterocycles. The van der Waals surface area contributed by atoms with Crippen molar-refractivity contribution in [1.29, 1.82) is 0 Å². The summed E-state index contributed by atoms with van der Waals surface area (Å²) in [5.41, 5.74) is 0.734. The predicted molar refractivity (Wildman–Crippen MR) is 44.9 cm³/mol. The Morgan fingerprint density at radius 2 is 2.17 bits per heavy atom. The van der Waals surface area contributed by atoms with Crippen molar-refractivity contribution >= 4 is 23.7 Å². The Hall–Kier alpha value is -1.20. The van der Waals surface area contributed by atoms with Crippen molar-refractivity contribution < 1.29 is 10.0 Å². The van der Waals surface area contributed by atoms with Crippen molar-refractivity contribution in [2.75, 3.05) is 5.32 Å². The Morgan fingerprint density at radius 1 is 1.42 bits per heavy atom. The van der Waals surface area contributed by atoms with Gasteiger partial charge in [-0.2, -0.15) is 0 Å². The first-order valence-electron chi connectivity index (χ1n) is 3.34. The number of para-hydroxylation sites is 1. The molecule has 0 saturated carbocycles. The van der Waals surface area contributed by atoms with Crippen LogP contribution in [0.4, 0.5) is 10.5 Å². The Morgan fingerprint density at radius 3 is 3.00 bits per heavy atom. The molecule has 5 heteroatoms. The number of urea groups is 1. The van der Waals surface area contributed by atoms with Crippen LogP contribution in [0.2, 0.25) is 0 Å². The maximum absolute atomic E-state index is 10.9. The van der Waals surface area contributed by atoms with Gasteiger partial charge in [0.05, 0.1) is 10.6 Å². The number of hydroxylamine groups is 1. The Balaban J connectivity index is 2.40. The van der Waals surface area contributed by atoms with E-state index in [-0.39, 0.29) is 0 Å². The van der Waals surface area contributed by atoms with Crippen LogP contribution in [0.15, 0.2) is 29.2 Å². The molecule has 62 valence electrons. The van der Waals surface area contributed by atoms with E-state index >= 15 is 0 Å². The van der Waals surface area contributed by atoms with Crippen LogP contribution in [0.5, 0.6) is 0 Å². The zero-order valence-corrected chi connectivity index (χ0v) is 6.84. The molecule has 0 saturated heterocycles. The summed E-state index contributed by atoms with van der Waals surface area (Å²) in [4.78, 5) is 11.7. The number of carbonyl (C=O) groups excluding carboxylic acids is 1. The van der Waals surface area contributed by atoms with Crippen LogP contribution in [0, 0.1) is 0 Å². The Kier molecular flexibility index (Phi) is 1.67. The van der Waals surface area contributed by atoms with Crippen molar-refractivity contribution in [3.05, 3.63) is 24.3 Å². The van der Waals surface area contributed by atoms with E-state index < -0.39 is 6.03 Å². The first-order valence-corrected chi connectivity index (χ1v) is 4.12. The van der Waals surface area contributed by atoms with Gasteiger partial charge in [0.1, 0.15) is 0 Å². The molecule has 0 fully saturated rings. The average Bonchev–Trinajstić information content (AvgIpc) is 2.07. The van der Waals surface area contributed by atoms with Crippen LogP contribution in [0.1, 0.15) is 0 Å². The third-order valence-corrected chi connectivity index (χ3v) is 2.38. The van der Waals surface area contributed by atoms with Crippen LogP contribution in [0.3, 0.4) is 0 Å². The van der Waals surface area contributed by atoms with Crippen molar-refractivity contribution in [2.24, 2.45) is 0 Å². The molecule has 0 spiro atoms. The van der Waals surface area contributed by atoms with Gasteiger partial charge in [0.15, 0.2) is 0 Å². The summed E-state index contributed by atoms with van der Waals surface area (Å²) in [7, 11) is 0. The van der Waals surface area contributed by atoms with E-state index in [2.05, 4.69) is 5.32 Å². The third kappa shape index (κ3) is 1.13. The zero-order valence-electron chi connectivity index (χ0n) is 6.02. The fraction of sp³-hybridized carbons (Fsp3) is 0. The van der Waals surface area contributed by atoms with Gasteiger partial charge in [0.2, 0.25) is 0 Å². The molecule has 2 rings (SSSR count). The molecule has 4 nitrogen and oxygen atoms in total. The summed E-state index contributed by atoms with van der Waals surface area (Å²) < 4.78 is 0.572. The van der Waals surface area contributed by atoms with E-state index in [0.29, 0.717) is 4.47 Å². The molecule has 0 atom stereocenters. The average molecular weight is 182 g/mol. The molecule has 2 N–H and O–H groups in total. The van der Waals surface area contributed by atoms with Crippen LogP contribution in [0.25, 0.3) is 0 Å². The van der Waals surface area contributed by atoms with Gasteiger partial charge in [-0.3, -0.25) is 5.21 Å². The lowest BCUT2D eigenvalue weighted by atomic mass is 10.3. The summed E-state index contributed by atoms with van der Waals surface area (Å²) >= 11 is 0.997. The molecule has 1 aromatic carbocycles. The standard InChI is InChI=1S/C7H6N2O2S/c10-7-8-5-3-1-2-4-6(5)12-9(7)11/h1-4,11H,(H,8,10). The minimum atomic E-state index is -0.515. The molecule has 0 aliphatic carbocycles. The van der Waals surface area contributed by atoms with E-state index in [1.165, 1.54) is 0 Å². The molecule has 1 aliphatic rings. The highest BCUT2D eigenvalue weighted by atomic mass is 32.2. The largest absolute Gasteiger partial charge is 0.356 e. The number of benzene rings is 1. The number of nitrogens with one attached hydrogen (secondary N) is 1. The van der Waals surface area contributed by atoms with Gasteiger partial charge >= 0.3 is 6.03 Å². The summed E-state index contributed by atoms with van der Waals surface area (Å²) in [5, 5.41) is 11.5. The molecule has 1 aliphatic heterocycles. The monoisotopic (exact) mass is 182 g/mol. The van der Waals surface area contributed by atoms with Gasteiger partial charge in [-0.05, 0) is 12.1 Å². The number of hydrogen-bond donors (Lipinski definition) is 2. The fourth-order valence-corrected chi connectivity index (χ4v) is 1.62. The Labute approximate surface area is 73.3 Å². The highest BCUT2D eigenvalue weighted by molar-refractivity contribution is 7.97. The highest BCUT2D eigenvalue weighted by Gasteiger charge is 2.21. The maximum atomic E-state index is 10.9. The van der Waals surface area contributed by atoms with Gasteiger partial charge < -0.3 is 5.32 Å². The van der Waals surface area contributed by atoms with Crippen LogP contribution in [-0.4, -0.2) is 15.7 Å². The molecule has 0 bridgehead atoms. The van der Waals surface area contributed by atoms with E-state index in [1.54, 1.807) is 6.07 Å². The quantitative estimate of drug-likeness (QED) is 0.476. The van der Waals surface area contributed by atoms with Crippen LogP contribution >= 0.6 is 11.9 Å². The first kappa shape index (κ1) is 7.45. The van der Waals surface area contributed by atoms with Gasteiger partial charge in [-0.1, -0.05) is 12.1 Å². The lowest BCUT2D eigenvalue weighted by molar-refractivity contribution is 0.0594. The first-order chi connectivity index (χ1) is 5.77. The molecule has 1 aromatic rings. The number of anilines is 1. The summed E-state index contributed by atoms with van der Waals surface area (Å²) in [6.07, 6.45) is 0. The minimum Gasteiger partial charge on any atom is -0.304 e. The van der Waals surface area contributed by atoms with Gasteiger partial charge in [-0.15, -0.1) is 4.47 Å². The lowest BCUT2D eigenvalue weighted by Gasteiger charge is -2.21. The highest BCUT2D eigenvalue weighted by Crippen LogP contribution is 2.32. The van der Waals surface area contributed by atoms with Crippen molar-refractivity contribution in [2.45, 2.75) is 4.90 Å². The van der Waals surface area contributed by atoms with Crippen molar-refractivity contribution in [3.63, 3.8) is 0 Å². The molecular formula is C7H6N2O2S. The number of hydrogen-bond acceptors (Lipinski definition) is 3. The summed E-state index contributed by atoms with van der Waals surface area (Å²) in [6.45, 7) is 0. The summed E-state index contributed by atoms with van der Waals surface area (Å²) in [5.74, 6) is 0. The second kappa shape index (κ2) is 2.69. The molecule has 12 heavy (non-hydrogen) atoms. The molecular weight excluding hydrogens is 176 g/mol. The molecule has 0 unspecified atom stereocenters. The fourth-order valence-electron chi connectivity index (χ4n) is 0.947. The number of nitrogens with zero attached hydrogens (tertiary/aromatic N) is 1. The smallest absolute Gasteiger partial charge is 0.304 e. The SMILES string of the molecule is O=C1Nc2ccccc2SN1O. The van der Waals surface area contributed by atoms with Gasteiger partial charge in [0.25, 0.3) is 0 Å². The number of fused-ring (bicyclic) bond motifs is 1. The topological polar surface area (TPSA) is 52.6 Å². The lowest BCUT2D eigenvalue weighted by Crippen LogP contribution is -2.29. The molecule has 2 amide bonds. The second-order valence-corrected chi connectivity index (χ2v) is 3.26. The normalized spacial score (nSPS) is 15.4. The third-order valence-electron chi connectivity index (χ3n) is 1.49. The van der Waals surface area contributed by atoms with Gasteiger partial charge in [0, 0.05) is 11.9 Å². The van der Waals surface area contributed by atoms with E-state index in [0.717, 1.165) is 22.5 Å². The second-order valence-electron chi connectivity index (χ2n) is 2.29. The van der Waals surface area contributed by atoms with E-state index in [4.69, 9.17) is 5.21 Å². The van der Waals surface area contributed by atoms with Crippen LogP contribution in [-0.2, 0) is 0 Å². The zero-order chi connectivity index (χ0) is 8.55. The van der Waals surface area contributed by atoms with Gasteiger partial charge in [-0.25, -0.2) is 4.79 Å².